The number of amides is 1. The molecule has 1 heterocycles. The third kappa shape index (κ3) is 3.53. The molecule has 130 valence electrons. The number of anilines is 1. The molecule has 0 radical (unpaired) electrons. The van der Waals surface area contributed by atoms with Gasteiger partial charge in [0.15, 0.2) is 11.5 Å². The maximum absolute atomic E-state index is 13.1. The number of aryl methyl sites for hydroxylation is 2. The molecule has 0 aromatic heterocycles. The van der Waals surface area contributed by atoms with Crippen LogP contribution < -0.4 is 14.4 Å². The van der Waals surface area contributed by atoms with Crippen LogP contribution in [0, 0.1) is 6.92 Å². The number of carbonyl (C=O) groups excluding carboxylic acids is 1. The zero-order valence-electron chi connectivity index (χ0n) is 14.7. The lowest BCUT2D eigenvalue weighted by Crippen LogP contribution is -2.35. The molecular weight excluding hydrogens is 314 g/mol. The molecule has 25 heavy (non-hydrogen) atoms. The Labute approximate surface area is 148 Å². The SMILES string of the molecule is C=CCOc1ccc(C(=O)N2CCCc3cc(C)ccc32)cc1OC. The predicted octanol–water partition coefficient (Wildman–Crippen LogP) is 4.16. The predicted molar refractivity (Wildman–Crippen MR) is 99.9 cm³/mol. The summed E-state index contributed by atoms with van der Waals surface area (Å²) >= 11 is 0. The van der Waals surface area contributed by atoms with E-state index in [1.807, 2.05) is 11.0 Å². The van der Waals surface area contributed by atoms with Crippen molar-refractivity contribution in [1.82, 2.24) is 0 Å². The van der Waals surface area contributed by atoms with Crippen LogP contribution in [0.15, 0.2) is 49.1 Å². The molecule has 4 nitrogen and oxygen atoms in total. The number of ether oxygens (including phenoxy) is 2. The number of hydrogen-bond donors (Lipinski definition) is 0. The van der Waals surface area contributed by atoms with Crippen molar-refractivity contribution in [1.29, 1.82) is 0 Å². The molecule has 0 fully saturated rings. The number of nitrogens with zero attached hydrogens (tertiary/aromatic N) is 1. The smallest absolute Gasteiger partial charge is 0.258 e. The second-order valence-corrected chi connectivity index (χ2v) is 6.16. The molecule has 0 bridgehead atoms. The molecule has 0 saturated carbocycles. The molecule has 0 saturated heterocycles. The topological polar surface area (TPSA) is 38.8 Å². The van der Waals surface area contributed by atoms with Gasteiger partial charge in [-0.15, -0.1) is 0 Å². The van der Waals surface area contributed by atoms with Gasteiger partial charge in [0.2, 0.25) is 0 Å². The number of fused-ring (bicyclic) bond motifs is 1. The fourth-order valence-electron chi connectivity index (χ4n) is 3.16. The zero-order chi connectivity index (χ0) is 17.8. The lowest BCUT2D eigenvalue weighted by atomic mass is 9.99. The largest absolute Gasteiger partial charge is 0.493 e. The fraction of sp³-hybridized carbons (Fsp3) is 0.286. The quantitative estimate of drug-likeness (QED) is 0.769. The molecule has 0 spiro atoms. The maximum atomic E-state index is 13.1. The summed E-state index contributed by atoms with van der Waals surface area (Å²) in [7, 11) is 1.57. The van der Waals surface area contributed by atoms with Gasteiger partial charge in [-0.1, -0.05) is 30.4 Å². The minimum atomic E-state index is -0.0154. The first kappa shape index (κ1) is 17.1. The Hall–Kier alpha value is -2.75. The van der Waals surface area contributed by atoms with E-state index in [2.05, 4.69) is 25.6 Å². The molecule has 2 aromatic rings. The molecule has 0 unspecified atom stereocenters. The second kappa shape index (κ2) is 7.43. The highest BCUT2D eigenvalue weighted by Gasteiger charge is 2.24. The number of hydrogen-bond acceptors (Lipinski definition) is 3. The van der Waals surface area contributed by atoms with Crippen LogP contribution in [-0.4, -0.2) is 26.2 Å². The highest BCUT2D eigenvalue weighted by Crippen LogP contribution is 2.32. The van der Waals surface area contributed by atoms with Gasteiger partial charge in [0.05, 0.1) is 7.11 Å². The third-order valence-corrected chi connectivity index (χ3v) is 4.37. The molecule has 0 atom stereocenters. The van der Waals surface area contributed by atoms with Crippen LogP contribution in [0.1, 0.15) is 27.9 Å². The van der Waals surface area contributed by atoms with Crippen molar-refractivity contribution in [3.05, 3.63) is 65.7 Å². The van der Waals surface area contributed by atoms with Crippen molar-refractivity contribution < 1.29 is 14.3 Å². The minimum absolute atomic E-state index is 0.0154. The first-order chi connectivity index (χ1) is 12.1. The summed E-state index contributed by atoms with van der Waals surface area (Å²) in [5.74, 6) is 1.14. The van der Waals surface area contributed by atoms with Crippen LogP contribution in [0.4, 0.5) is 5.69 Å². The monoisotopic (exact) mass is 337 g/mol. The number of methoxy groups -OCH3 is 1. The number of benzene rings is 2. The lowest BCUT2D eigenvalue weighted by Gasteiger charge is -2.30. The highest BCUT2D eigenvalue weighted by molar-refractivity contribution is 6.07. The standard InChI is InChI=1S/C21H23NO3/c1-4-12-25-19-10-8-17(14-20(19)24-3)21(23)22-11-5-6-16-13-15(2)7-9-18(16)22/h4,7-10,13-14H,1,5-6,11-12H2,2-3H3. The summed E-state index contributed by atoms with van der Waals surface area (Å²) < 4.78 is 10.9. The van der Waals surface area contributed by atoms with Gasteiger partial charge >= 0.3 is 0 Å². The molecular formula is C21H23NO3. The van der Waals surface area contributed by atoms with Crippen LogP contribution >= 0.6 is 0 Å². The summed E-state index contributed by atoms with van der Waals surface area (Å²) in [5.41, 5.74) is 4.06. The van der Waals surface area contributed by atoms with Crippen LogP contribution in [0.25, 0.3) is 0 Å². The lowest BCUT2D eigenvalue weighted by molar-refractivity contribution is 0.0984. The molecule has 1 aliphatic rings. The first-order valence-corrected chi connectivity index (χ1v) is 8.47. The van der Waals surface area contributed by atoms with Crippen molar-refractivity contribution in [2.45, 2.75) is 19.8 Å². The van der Waals surface area contributed by atoms with E-state index in [0.29, 0.717) is 23.7 Å². The van der Waals surface area contributed by atoms with Gasteiger partial charge in [-0.05, 0) is 49.6 Å². The van der Waals surface area contributed by atoms with E-state index in [9.17, 15) is 4.79 Å². The van der Waals surface area contributed by atoms with E-state index in [1.165, 1.54) is 11.1 Å². The number of rotatable bonds is 5. The molecule has 0 N–H and O–H groups in total. The third-order valence-electron chi connectivity index (χ3n) is 4.37. The van der Waals surface area contributed by atoms with Crippen molar-refractivity contribution >= 4 is 11.6 Å². The van der Waals surface area contributed by atoms with E-state index >= 15 is 0 Å². The average Bonchev–Trinajstić information content (AvgIpc) is 2.64. The average molecular weight is 337 g/mol. The second-order valence-electron chi connectivity index (χ2n) is 6.16. The first-order valence-electron chi connectivity index (χ1n) is 8.47. The van der Waals surface area contributed by atoms with Crippen LogP contribution in [0.5, 0.6) is 11.5 Å². The van der Waals surface area contributed by atoms with Crippen molar-refractivity contribution in [3.63, 3.8) is 0 Å². The molecule has 1 amide bonds. The molecule has 4 heteroatoms. The van der Waals surface area contributed by atoms with Gasteiger partial charge in [-0.25, -0.2) is 0 Å². The summed E-state index contributed by atoms with van der Waals surface area (Å²) in [6, 6.07) is 11.6. The van der Waals surface area contributed by atoms with E-state index in [1.54, 1.807) is 31.4 Å². The van der Waals surface area contributed by atoms with Gasteiger partial charge in [-0.2, -0.15) is 0 Å². The van der Waals surface area contributed by atoms with E-state index in [-0.39, 0.29) is 5.91 Å². The Morgan fingerprint density at radius 3 is 2.84 bits per heavy atom. The summed E-state index contributed by atoms with van der Waals surface area (Å²) in [4.78, 5) is 14.9. The number of carbonyl (C=O) groups is 1. The van der Waals surface area contributed by atoms with Gasteiger partial charge in [-0.3, -0.25) is 4.79 Å². The van der Waals surface area contributed by atoms with Crippen LogP contribution in [-0.2, 0) is 6.42 Å². The Balaban J connectivity index is 1.90. The fourth-order valence-corrected chi connectivity index (χ4v) is 3.16. The van der Waals surface area contributed by atoms with Gasteiger partial charge in [0.1, 0.15) is 6.61 Å². The highest BCUT2D eigenvalue weighted by atomic mass is 16.5. The van der Waals surface area contributed by atoms with E-state index < -0.39 is 0 Å². The minimum Gasteiger partial charge on any atom is -0.493 e. The van der Waals surface area contributed by atoms with Crippen molar-refractivity contribution in [3.8, 4) is 11.5 Å². The maximum Gasteiger partial charge on any atom is 0.258 e. The molecule has 2 aromatic carbocycles. The van der Waals surface area contributed by atoms with E-state index in [4.69, 9.17) is 9.47 Å². The van der Waals surface area contributed by atoms with Gasteiger partial charge in [0, 0.05) is 17.8 Å². The Morgan fingerprint density at radius 1 is 1.24 bits per heavy atom. The van der Waals surface area contributed by atoms with Crippen LogP contribution in [0.2, 0.25) is 0 Å². The Morgan fingerprint density at radius 2 is 2.08 bits per heavy atom. The Kier molecular flexibility index (Phi) is 5.08. The zero-order valence-corrected chi connectivity index (χ0v) is 14.7. The molecule has 0 aliphatic carbocycles. The normalized spacial score (nSPS) is 13.1. The van der Waals surface area contributed by atoms with Gasteiger partial charge in [0.25, 0.3) is 5.91 Å². The van der Waals surface area contributed by atoms with E-state index in [0.717, 1.165) is 25.1 Å². The Bertz CT molecular complexity index is 798. The van der Waals surface area contributed by atoms with Crippen LogP contribution in [0.3, 0.4) is 0 Å². The van der Waals surface area contributed by atoms with Gasteiger partial charge < -0.3 is 14.4 Å². The summed E-state index contributed by atoms with van der Waals surface area (Å²) in [6.45, 7) is 6.84. The summed E-state index contributed by atoms with van der Waals surface area (Å²) in [6.07, 6.45) is 3.66. The molecule has 1 aliphatic heterocycles. The summed E-state index contributed by atoms with van der Waals surface area (Å²) in [5, 5.41) is 0. The van der Waals surface area contributed by atoms with Crippen molar-refractivity contribution in [2.24, 2.45) is 0 Å². The molecule has 3 rings (SSSR count). The van der Waals surface area contributed by atoms with Crippen molar-refractivity contribution in [2.75, 3.05) is 25.2 Å².